The first kappa shape index (κ1) is 8.13. The minimum Gasteiger partial charge on any atom is -0.506 e. The number of nitrogens with zero attached hydrogens (tertiary/aromatic N) is 2. The van der Waals surface area contributed by atoms with Gasteiger partial charge in [0.05, 0.1) is 0 Å². The van der Waals surface area contributed by atoms with Crippen LogP contribution in [0.4, 0.5) is 0 Å². The summed E-state index contributed by atoms with van der Waals surface area (Å²) in [7, 11) is 0. The van der Waals surface area contributed by atoms with E-state index in [2.05, 4.69) is 11.6 Å². The number of halogens is 1. The number of pyridine rings is 1. The van der Waals surface area contributed by atoms with Crippen LogP contribution in [0.2, 0.25) is 5.15 Å². The molecule has 0 bridgehead atoms. The van der Waals surface area contributed by atoms with Gasteiger partial charge in [0.15, 0.2) is 0 Å². The zero-order chi connectivity index (χ0) is 9.42. The van der Waals surface area contributed by atoms with Crippen LogP contribution < -0.4 is 0 Å². The summed E-state index contributed by atoms with van der Waals surface area (Å²) < 4.78 is 1.68. The molecule has 0 aromatic carbocycles. The number of hydrogen-bond donors (Lipinski definition) is 1. The summed E-state index contributed by atoms with van der Waals surface area (Å²) >= 11 is 5.93. The molecule has 0 radical (unpaired) electrons. The summed E-state index contributed by atoms with van der Waals surface area (Å²) in [5.74, 6) is -0.117. The van der Waals surface area contributed by atoms with Gasteiger partial charge in [0.2, 0.25) is 0 Å². The molecule has 2 rings (SSSR count). The normalized spacial score (nSPS) is 10.5. The maximum atomic E-state index is 9.15. The fourth-order valence-corrected chi connectivity index (χ4v) is 1.44. The van der Waals surface area contributed by atoms with Gasteiger partial charge in [-0.15, -0.1) is 0 Å². The van der Waals surface area contributed by atoms with Crippen molar-refractivity contribution in [2.75, 3.05) is 0 Å². The third kappa shape index (κ3) is 1.17. The van der Waals surface area contributed by atoms with Crippen LogP contribution >= 0.6 is 11.6 Å². The summed E-state index contributed by atoms with van der Waals surface area (Å²) in [5.41, 5.74) is 1.02. The Kier molecular flexibility index (Phi) is 1.74. The van der Waals surface area contributed by atoms with E-state index in [1.54, 1.807) is 16.7 Å². The first-order chi connectivity index (χ1) is 6.20. The number of aliphatic hydroxyl groups excluding tert-OH is 1. The Morgan fingerprint density at radius 1 is 1.54 bits per heavy atom. The van der Waals surface area contributed by atoms with E-state index in [-0.39, 0.29) is 5.76 Å². The van der Waals surface area contributed by atoms with Gasteiger partial charge in [-0.3, -0.25) is 4.40 Å². The quantitative estimate of drug-likeness (QED) is 0.709. The maximum Gasteiger partial charge on any atom is 0.144 e. The molecule has 0 unspecified atom stereocenters. The van der Waals surface area contributed by atoms with Crippen LogP contribution in [0.3, 0.4) is 0 Å². The summed E-state index contributed by atoms with van der Waals surface area (Å²) in [5, 5.41) is 9.53. The van der Waals surface area contributed by atoms with Gasteiger partial charge in [0.25, 0.3) is 0 Å². The van der Waals surface area contributed by atoms with Crippen LogP contribution in [-0.4, -0.2) is 14.5 Å². The Morgan fingerprint density at radius 3 is 2.92 bits per heavy atom. The van der Waals surface area contributed by atoms with E-state index in [0.29, 0.717) is 16.5 Å². The Hall–Kier alpha value is -1.48. The highest BCUT2D eigenvalue weighted by Gasteiger charge is 2.10. The molecule has 0 aliphatic carbocycles. The molecule has 0 aliphatic heterocycles. The van der Waals surface area contributed by atoms with Crippen LogP contribution in [0.1, 0.15) is 5.69 Å². The van der Waals surface area contributed by atoms with Crippen molar-refractivity contribution in [1.29, 1.82) is 0 Å². The van der Waals surface area contributed by atoms with E-state index in [0.717, 1.165) is 0 Å². The van der Waals surface area contributed by atoms with Crippen molar-refractivity contribution in [2.24, 2.45) is 0 Å². The molecule has 3 nitrogen and oxygen atoms in total. The molecule has 0 fully saturated rings. The molecule has 0 atom stereocenters. The molecule has 0 spiro atoms. The van der Waals surface area contributed by atoms with Crippen LogP contribution in [0.5, 0.6) is 0 Å². The zero-order valence-electron chi connectivity index (χ0n) is 6.74. The van der Waals surface area contributed by atoms with Gasteiger partial charge in [-0.1, -0.05) is 24.2 Å². The average molecular weight is 195 g/mol. The van der Waals surface area contributed by atoms with E-state index >= 15 is 0 Å². The van der Waals surface area contributed by atoms with Gasteiger partial charge in [0.1, 0.15) is 22.3 Å². The maximum absolute atomic E-state index is 9.15. The van der Waals surface area contributed by atoms with Gasteiger partial charge < -0.3 is 5.11 Å². The predicted molar refractivity (Wildman–Crippen MR) is 51.9 cm³/mol. The van der Waals surface area contributed by atoms with Gasteiger partial charge in [0, 0.05) is 6.20 Å². The summed E-state index contributed by atoms with van der Waals surface area (Å²) in [6.07, 6.45) is 1.77. The fraction of sp³-hybridized carbons (Fsp3) is 0. The Morgan fingerprint density at radius 2 is 2.31 bits per heavy atom. The second-order valence-corrected chi connectivity index (χ2v) is 2.98. The number of hydrogen-bond acceptors (Lipinski definition) is 2. The lowest BCUT2D eigenvalue weighted by Gasteiger charge is -1.92. The molecule has 0 saturated heterocycles. The molecule has 66 valence electrons. The van der Waals surface area contributed by atoms with Crippen molar-refractivity contribution in [3.05, 3.63) is 41.8 Å². The van der Waals surface area contributed by atoms with E-state index in [9.17, 15) is 0 Å². The first-order valence-electron chi connectivity index (χ1n) is 3.71. The molecule has 13 heavy (non-hydrogen) atoms. The largest absolute Gasteiger partial charge is 0.506 e. The standard InChI is InChI=1S/C9H7ClN2O/c1-6(13)8-9(10)12-5-3-2-4-7(12)11-8/h2-5,13H,1H2. The third-order valence-corrected chi connectivity index (χ3v) is 2.11. The van der Waals surface area contributed by atoms with Crippen molar-refractivity contribution in [3.63, 3.8) is 0 Å². The minimum absolute atomic E-state index is 0.117. The summed E-state index contributed by atoms with van der Waals surface area (Å²) in [6, 6.07) is 5.49. The number of imidazole rings is 1. The molecule has 4 heteroatoms. The van der Waals surface area contributed by atoms with E-state index in [1.165, 1.54) is 0 Å². The zero-order valence-corrected chi connectivity index (χ0v) is 7.49. The highest BCUT2D eigenvalue weighted by atomic mass is 35.5. The van der Waals surface area contributed by atoms with Crippen LogP contribution in [0, 0.1) is 0 Å². The molecule has 1 N–H and O–H groups in total. The lowest BCUT2D eigenvalue weighted by Crippen LogP contribution is -1.82. The summed E-state index contributed by atoms with van der Waals surface area (Å²) in [6.45, 7) is 3.38. The second kappa shape index (κ2) is 2.78. The van der Waals surface area contributed by atoms with Gasteiger partial charge in [-0.05, 0) is 12.1 Å². The fourth-order valence-electron chi connectivity index (χ4n) is 1.15. The molecule has 0 amide bonds. The molecule has 0 saturated carbocycles. The molecular weight excluding hydrogens is 188 g/mol. The number of aromatic nitrogens is 2. The van der Waals surface area contributed by atoms with E-state index in [4.69, 9.17) is 16.7 Å². The van der Waals surface area contributed by atoms with Crippen molar-refractivity contribution >= 4 is 23.0 Å². The SMILES string of the molecule is C=C(O)c1nc2ccccn2c1Cl. The Balaban J connectivity index is 2.81. The van der Waals surface area contributed by atoms with Gasteiger partial charge in [-0.2, -0.15) is 0 Å². The number of aliphatic hydroxyl groups is 1. The average Bonchev–Trinajstić information content (AvgIpc) is 2.45. The van der Waals surface area contributed by atoms with E-state index < -0.39 is 0 Å². The van der Waals surface area contributed by atoms with Crippen LogP contribution in [0.25, 0.3) is 11.4 Å². The van der Waals surface area contributed by atoms with E-state index in [1.807, 2.05) is 12.1 Å². The molecule has 0 aliphatic rings. The summed E-state index contributed by atoms with van der Waals surface area (Å²) in [4.78, 5) is 4.09. The highest BCUT2D eigenvalue weighted by molar-refractivity contribution is 6.31. The molecule has 2 heterocycles. The second-order valence-electron chi connectivity index (χ2n) is 2.63. The Bertz CT molecular complexity index is 475. The number of rotatable bonds is 1. The smallest absolute Gasteiger partial charge is 0.144 e. The lowest BCUT2D eigenvalue weighted by atomic mass is 10.4. The first-order valence-corrected chi connectivity index (χ1v) is 4.09. The lowest BCUT2D eigenvalue weighted by molar-refractivity contribution is 0.511. The molecule has 2 aromatic rings. The number of fused-ring (bicyclic) bond motifs is 1. The third-order valence-electron chi connectivity index (χ3n) is 1.74. The molecule has 2 aromatic heterocycles. The predicted octanol–water partition coefficient (Wildman–Crippen LogP) is 2.52. The van der Waals surface area contributed by atoms with Crippen molar-refractivity contribution < 1.29 is 5.11 Å². The van der Waals surface area contributed by atoms with Crippen LogP contribution in [0.15, 0.2) is 31.0 Å². The Labute approximate surface area is 79.9 Å². The topological polar surface area (TPSA) is 37.5 Å². The van der Waals surface area contributed by atoms with Gasteiger partial charge in [-0.25, -0.2) is 4.98 Å². The van der Waals surface area contributed by atoms with Crippen LogP contribution in [-0.2, 0) is 0 Å². The van der Waals surface area contributed by atoms with Crippen molar-refractivity contribution in [1.82, 2.24) is 9.38 Å². The van der Waals surface area contributed by atoms with Crippen molar-refractivity contribution in [3.8, 4) is 0 Å². The van der Waals surface area contributed by atoms with Gasteiger partial charge >= 0.3 is 0 Å². The molecular formula is C9H7ClN2O. The monoisotopic (exact) mass is 194 g/mol. The minimum atomic E-state index is -0.117. The van der Waals surface area contributed by atoms with Crippen molar-refractivity contribution in [2.45, 2.75) is 0 Å². The highest BCUT2D eigenvalue weighted by Crippen LogP contribution is 2.21.